The monoisotopic (exact) mass is 470 g/mol. The third kappa shape index (κ3) is 4.30. The summed E-state index contributed by atoms with van der Waals surface area (Å²) in [6, 6.07) is 13.9. The van der Waals surface area contributed by atoms with E-state index in [1.54, 1.807) is 62.8 Å². The largest absolute Gasteiger partial charge is 0.497 e. The Morgan fingerprint density at radius 3 is 2.13 bits per heavy atom. The van der Waals surface area contributed by atoms with Crippen molar-refractivity contribution >= 4 is 61.3 Å². The summed E-state index contributed by atoms with van der Waals surface area (Å²) in [6.07, 6.45) is 0. The average Bonchev–Trinajstić information content (AvgIpc) is 3.37. The Hall–Kier alpha value is -2.88. The molecule has 2 N–H and O–H groups in total. The molecule has 0 atom stereocenters. The molecule has 6 nitrogen and oxygen atoms in total. The minimum absolute atomic E-state index is 0.0165. The molecular formula is C22H18N2O4S3. The van der Waals surface area contributed by atoms with Crippen LogP contribution in [-0.2, 0) is 0 Å². The smallest absolute Gasteiger partial charge is 0.205 e. The van der Waals surface area contributed by atoms with Crippen LogP contribution in [0.5, 0.6) is 11.5 Å². The van der Waals surface area contributed by atoms with Gasteiger partial charge in [-0.05, 0) is 60.1 Å². The molecule has 0 aliphatic heterocycles. The molecule has 0 aliphatic rings. The van der Waals surface area contributed by atoms with Crippen molar-refractivity contribution in [2.45, 2.75) is 5.03 Å². The van der Waals surface area contributed by atoms with Gasteiger partial charge in [-0.3, -0.25) is 9.59 Å². The number of aromatic nitrogens is 1. The zero-order valence-corrected chi connectivity index (χ0v) is 19.2. The van der Waals surface area contributed by atoms with Gasteiger partial charge in [-0.2, -0.15) is 4.37 Å². The number of rotatable bonds is 8. The lowest BCUT2D eigenvalue weighted by Gasteiger charge is -2.04. The van der Waals surface area contributed by atoms with Crippen molar-refractivity contribution < 1.29 is 19.1 Å². The average molecular weight is 471 g/mol. The van der Waals surface area contributed by atoms with Crippen LogP contribution >= 0.6 is 34.6 Å². The van der Waals surface area contributed by atoms with Crippen molar-refractivity contribution in [3.8, 4) is 11.5 Å². The second-order valence-corrected chi connectivity index (χ2v) is 9.51. The molecular weight excluding hydrogens is 452 g/mol. The van der Waals surface area contributed by atoms with Gasteiger partial charge in [0.15, 0.2) is 5.78 Å². The number of ether oxygens (including phenoxy) is 2. The molecule has 0 spiro atoms. The van der Waals surface area contributed by atoms with Crippen LogP contribution in [0.25, 0.3) is 9.40 Å². The lowest BCUT2D eigenvalue weighted by atomic mass is 10.1. The highest BCUT2D eigenvalue weighted by Crippen LogP contribution is 2.43. The Balaban J connectivity index is 1.53. The number of nitrogens with two attached hydrogens (primary N) is 1. The number of nitrogens with zero attached hydrogens (tertiary/aromatic N) is 1. The van der Waals surface area contributed by atoms with E-state index in [1.165, 1.54) is 34.6 Å². The second kappa shape index (κ2) is 9.09. The van der Waals surface area contributed by atoms with E-state index in [0.717, 1.165) is 9.40 Å². The van der Waals surface area contributed by atoms with E-state index >= 15 is 0 Å². The molecule has 4 rings (SSSR count). The molecule has 4 aromatic rings. The first kappa shape index (κ1) is 21.4. The predicted octanol–water partition coefficient (Wildman–Crippen LogP) is 5.16. The van der Waals surface area contributed by atoms with Crippen molar-refractivity contribution in [1.29, 1.82) is 0 Å². The van der Waals surface area contributed by atoms with Crippen LogP contribution < -0.4 is 15.2 Å². The number of anilines is 1. The van der Waals surface area contributed by atoms with Crippen LogP contribution in [0.15, 0.2) is 53.6 Å². The zero-order chi connectivity index (χ0) is 22.0. The van der Waals surface area contributed by atoms with E-state index in [0.29, 0.717) is 38.2 Å². The molecule has 0 saturated carbocycles. The Bertz CT molecular complexity index is 1240. The van der Waals surface area contributed by atoms with Gasteiger partial charge in [0, 0.05) is 11.1 Å². The number of hydrogen-bond acceptors (Lipinski definition) is 9. The Labute approximate surface area is 191 Å². The number of ketones is 2. The number of thioether (sulfide) groups is 1. The van der Waals surface area contributed by atoms with Crippen LogP contribution in [0.2, 0.25) is 0 Å². The van der Waals surface area contributed by atoms with Gasteiger partial charge >= 0.3 is 0 Å². The first-order valence-corrected chi connectivity index (χ1v) is 11.8. The van der Waals surface area contributed by atoms with E-state index in [2.05, 4.69) is 4.37 Å². The third-order valence-electron chi connectivity index (χ3n) is 4.65. The molecule has 0 saturated heterocycles. The summed E-state index contributed by atoms with van der Waals surface area (Å²) in [5.41, 5.74) is 7.90. The van der Waals surface area contributed by atoms with Crippen molar-refractivity contribution in [2.24, 2.45) is 0 Å². The van der Waals surface area contributed by atoms with Crippen molar-refractivity contribution in [2.75, 3.05) is 25.7 Å². The number of thiophene rings is 1. The van der Waals surface area contributed by atoms with Crippen LogP contribution in [0, 0.1) is 0 Å². The minimum atomic E-state index is -0.140. The van der Waals surface area contributed by atoms with Gasteiger partial charge in [-0.25, -0.2) is 0 Å². The van der Waals surface area contributed by atoms with Gasteiger partial charge in [-0.1, -0.05) is 11.8 Å². The topological polar surface area (TPSA) is 91.5 Å². The van der Waals surface area contributed by atoms with Crippen LogP contribution in [0.1, 0.15) is 25.6 Å². The maximum atomic E-state index is 13.0. The molecule has 2 aromatic heterocycles. The number of methoxy groups -OCH3 is 2. The molecule has 0 radical (unpaired) electrons. The van der Waals surface area contributed by atoms with Gasteiger partial charge in [0.25, 0.3) is 0 Å². The molecule has 0 aliphatic carbocycles. The lowest BCUT2D eigenvalue weighted by Crippen LogP contribution is -2.03. The van der Waals surface area contributed by atoms with E-state index in [1.807, 2.05) is 0 Å². The van der Waals surface area contributed by atoms with Crippen molar-refractivity contribution in [3.05, 3.63) is 64.5 Å². The molecule has 31 heavy (non-hydrogen) atoms. The SMILES string of the molecule is COc1ccc(C(=O)CSc2nsc3sc(C(=O)c4ccc(OC)cc4)c(N)c23)cc1. The maximum absolute atomic E-state index is 13.0. The number of nitrogen functional groups attached to an aromatic ring is 1. The fourth-order valence-corrected chi connectivity index (χ4v) is 6.18. The van der Waals surface area contributed by atoms with Crippen LogP contribution in [0.3, 0.4) is 0 Å². The van der Waals surface area contributed by atoms with E-state index < -0.39 is 0 Å². The summed E-state index contributed by atoms with van der Waals surface area (Å²) in [5.74, 6) is 1.45. The highest BCUT2D eigenvalue weighted by molar-refractivity contribution is 8.00. The van der Waals surface area contributed by atoms with Gasteiger partial charge in [0.2, 0.25) is 5.78 Å². The third-order valence-corrected chi connectivity index (χ3v) is 7.86. The number of Topliss-reactive ketones (excluding diaryl/α,β-unsaturated/α-hetero) is 1. The normalized spacial score (nSPS) is 10.9. The first-order chi connectivity index (χ1) is 15.0. The maximum Gasteiger partial charge on any atom is 0.205 e. The summed E-state index contributed by atoms with van der Waals surface area (Å²) < 4.78 is 15.6. The van der Waals surface area contributed by atoms with Gasteiger partial charge in [-0.15, -0.1) is 11.3 Å². The standard InChI is InChI=1S/C22H18N2O4S3/c1-27-14-7-3-12(4-8-14)16(25)11-29-21-17-18(23)20(30-22(17)31-24-21)19(26)13-5-9-15(28-2)10-6-13/h3-10H,11,23H2,1-2H3. The lowest BCUT2D eigenvalue weighted by molar-refractivity contribution is 0.101. The molecule has 0 amide bonds. The van der Waals surface area contributed by atoms with E-state index in [9.17, 15) is 9.59 Å². The molecule has 2 aromatic carbocycles. The van der Waals surface area contributed by atoms with Crippen molar-refractivity contribution in [3.63, 3.8) is 0 Å². The van der Waals surface area contributed by atoms with Gasteiger partial charge < -0.3 is 15.2 Å². The summed E-state index contributed by atoms with van der Waals surface area (Å²) in [4.78, 5) is 26.0. The second-order valence-electron chi connectivity index (χ2n) is 6.49. The van der Waals surface area contributed by atoms with Crippen LogP contribution in [0.4, 0.5) is 5.69 Å². The first-order valence-electron chi connectivity index (χ1n) is 9.18. The van der Waals surface area contributed by atoms with Crippen molar-refractivity contribution in [1.82, 2.24) is 4.37 Å². The Kier molecular flexibility index (Phi) is 6.26. The molecule has 158 valence electrons. The molecule has 0 fully saturated rings. The summed E-state index contributed by atoms with van der Waals surface area (Å²) in [7, 11) is 3.16. The summed E-state index contributed by atoms with van der Waals surface area (Å²) in [5, 5.41) is 1.42. The van der Waals surface area contributed by atoms with Gasteiger partial charge in [0.05, 0.1) is 31.0 Å². The number of hydrogen-bond donors (Lipinski definition) is 1. The Morgan fingerprint density at radius 1 is 0.968 bits per heavy atom. The minimum Gasteiger partial charge on any atom is -0.497 e. The zero-order valence-electron chi connectivity index (χ0n) is 16.7. The number of carbonyl (C=O) groups is 2. The molecule has 9 heteroatoms. The van der Waals surface area contributed by atoms with Gasteiger partial charge in [0.1, 0.15) is 25.4 Å². The fourth-order valence-electron chi connectivity index (χ4n) is 2.95. The van der Waals surface area contributed by atoms with Crippen LogP contribution in [-0.4, -0.2) is 35.9 Å². The quantitative estimate of drug-likeness (QED) is 0.281. The highest BCUT2D eigenvalue weighted by atomic mass is 32.2. The molecule has 2 heterocycles. The highest BCUT2D eigenvalue weighted by Gasteiger charge is 2.23. The number of carbonyl (C=O) groups excluding carboxylic acids is 2. The van der Waals surface area contributed by atoms with E-state index in [4.69, 9.17) is 15.2 Å². The summed E-state index contributed by atoms with van der Waals surface area (Å²) in [6.45, 7) is 0. The Morgan fingerprint density at radius 2 is 1.55 bits per heavy atom. The molecule has 0 unspecified atom stereocenters. The number of fused-ring (bicyclic) bond motifs is 1. The predicted molar refractivity (Wildman–Crippen MR) is 126 cm³/mol. The fraction of sp³-hybridized carbons (Fsp3) is 0.136. The number of benzene rings is 2. The summed E-state index contributed by atoms with van der Waals surface area (Å²) >= 11 is 3.94. The van der Waals surface area contributed by atoms with E-state index in [-0.39, 0.29) is 17.3 Å². The molecule has 0 bridgehead atoms.